The molecule has 7 heteroatoms. The molecule has 0 spiro atoms. The fourth-order valence-corrected chi connectivity index (χ4v) is 3.48. The van der Waals surface area contributed by atoms with Crippen LogP contribution in [-0.2, 0) is 10.0 Å². The monoisotopic (exact) mass is 349 g/mol. The first kappa shape index (κ1) is 16.4. The van der Waals surface area contributed by atoms with Crippen molar-refractivity contribution in [2.75, 3.05) is 18.6 Å². The van der Waals surface area contributed by atoms with Crippen molar-refractivity contribution >= 4 is 15.7 Å². The molecule has 0 amide bonds. The van der Waals surface area contributed by atoms with Gasteiger partial charge in [0.05, 0.1) is 17.7 Å². The van der Waals surface area contributed by atoms with Crippen molar-refractivity contribution in [1.29, 1.82) is 0 Å². The van der Waals surface area contributed by atoms with Crippen LogP contribution in [0.1, 0.15) is 25.3 Å². The summed E-state index contributed by atoms with van der Waals surface area (Å²) in [6, 6.07) is 9.92. The smallest absolute Gasteiger partial charge is 0.262 e. The van der Waals surface area contributed by atoms with Crippen LogP contribution < -0.4 is 18.9 Å². The Labute approximate surface area is 141 Å². The molecule has 0 atom stereocenters. The minimum absolute atomic E-state index is 0.0940. The van der Waals surface area contributed by atoms with Crippen molar-refractivity contribution in [3.8, 4) is 17.2 Å². The molecule has 0 aliphatic carbocycles. The van der Waals surface area contributed by atoms with Gasteiger partial charge in [0.25, 0.3) is 10.0 Å². The van der Waals surface area contributed by atoms with E-state index in [9.17, 15) is 8.42 Å². The van der Waals surface area contributed by atoms with E-state index < -0.39 is 10.0 Å². The number of benzene rings is 2. The van der Waals surface area contributed by atoms with E-state index in [1.165, 1.54) is 19.2 Å². The van der Waals surface area contributed by atoms with Crippen LogP contribution in [0.3, 0.4) is 0 Å². The summed E-state index contributed by atoms with van der Waals surface area (Å²) in [6.07, 6.45) is 0. The summed E-state index contributed by atoms with van der Waals surface area (Å²) in [4.78, 5) is 0.0988. The highest BCUT2D eigenvalue weighted by Gasteiger charge is 2.21. The van der Waals surface area contributed by atoms with Gasteiger partial charge in [0.1, 0.15) is 5.75 Å². The van der Waals surface area contributed by atoms with Crippen molar-refractivity contribution < 1.29 is 22.6 Å². The molecule has 1 aliphatic rings. The van der Waals surface area contributed by atoms with Gasteiger partial charge in [-0.05, 0) is 35.7 Å². The minimum atomic E-state index is -3.77. The number of sulfonamides is 1. The molecule has 0 unspecified atom stereocenters. The van der Waals surface area contributed by atoms with Gasteiger partial charge in [-0.1, -0.05) is 19.9 Å². The highest BCUT2D eigenvalue weighted by molar-refractivity contribution is 7.92. The first-order valence-electron chi connectivity index (χ1n) is 7.51. The van der Waals surface area contributed by atoms with E-state index in [1.54, 1.807) is 12.1 Å². The van der Waals surface area contributed by atoms with E-state index in [2.05, 4.69) is 18.6 Å². The van der Waals surface area contributed by atoms with E-state index in [0.717, 1.165) is 5.56 Å². The normalized spacial score (nSPS) is 13.2. The van der Waals surface area contributed by atoms with Crippen LogP contribution in [0.5, 0.6) is 17.2 Å². The maximum Gasteiger partial charge on any atom is 0.262 e. The molecule has 0 saturated carbocycles. The molecule has 2 aromatic carbocycles. The zero-order valence-corrected chi connectivity index (χ0v) is 14.5. The number of nitrogens with one attached hydrogen (secondary N) is 1. The lowest BCUT2D eigenvalue weighted by Gasteiger charge is -2.14. The lowest BCUT2D eigenvalue weighted by Crippen LogP contribution is -2.13. The molecule has 6 nitrogen and oxygen atoms in total. The SMILES string of the molecule is COc1cc(C(C)C)ccc1NS(=O)(=O)c1ccc2c(c1)OCO2. The number of ether oxygens (including phenoxy) is 3. The molecule has 1 N–H and O–H groups in total. The van der Waals surface area contributed by atoms with Gasteiger partial charge in [-0.15, -0.1) is 0 Å². The van der Waals surface area contributed by atoms with Crippen molar-refractivity contribution in [3.63, 3.8) is 0 Å². The van der Waals surface area contributed by atoms with Gasteiger partial charge in [0.2, 0.25) is 6.79 Å². The average molecular weight is 349 g/mol. The largest absolute Gasteiger partial charge is 0.495 e. The zero-order valence-electron chi connectivity index (χ0n) is 13.7. The van der Waals surface area contributed by atoms with Crippen LogP contribution >= 0.6 is 0 Å². The summed E-state index contributed by atoms with van der Waals surface area (Å²) in [5.41, 5.74) is 1.46. The molecular weight excluding hydrogens is 330 g/mol. The Morgan fingerprint density at radius 2 is 1.83 bits per heavy atom. The number of methoxy groups -OCH3 is 1. The number of hydrogen-bond acceptors (Lipinski definition) is 5. The van der Waals surface area contributed by atoms with Gasteiger partial charge in [-0.2, -0.15) is 0 Å². The van der Waals surface area contributed by atoms with Gasteiger partial charge in [-0.3, -0.25) is 4.72 Å². The van der Waals surface area contributed by atoms with E-state index in [1.807, 2.05) is 12.1 Å². The quantitative estimate of drug-likeness (QED) is 0.896. The highest BCUT2D eigenvalue weighted by Crippen LogP contribution is 2.35. The molecule has 3 rings (SSSR count). The number of fused-ring (bicyclic) bond motifs is 1. The predicted octanol–water partition coefficient (Wildman–Crippen LogP) is 3.35. The predicted molar refractivity (Wildman–Crippen MR) is 90.5 cm³/mol. The van der Waals surface area contributed by atoms with Crippen molar-refractivity contribution in [2.24, 2.45) is 0 Å². The molecule has 2 aromatic rings. The summed E-state index contributed by atoms with van der Waals surface area (Å²) in [5, 5.41) is 0. The Morgan fingerprint density at radius 3 is 2.54 bits per heavy atom. The third-order valence-corrected chi connectivity index (χ3v) is 5.15. The molecule has 0 radical (unpaired) electrons. The second-order valence-corrected chi connectivity index (χ2v) is 7.42. The topological polar surface area (TPSA) is 73.9 Å². The van der Waals surface area contributed by atoms with Gasteiger partial charge in [0.15, 0.2) is 11.5 Å². The second-order valence-electron chi connectivity index (χ2n) is 5.73. The van der Waals surface area contributed by atoms with E-state index >= 15 is 0 Å². The zero-order chi connectivity index (χ0) is 17.3. The van der Waals surface area contributed by atoms with Crippen LogP contribution in [-0.4, -0.2) is 22.3 Å². The molecule has 24 heavy (non-hydrogen) atoms. The van der Waals surface area contributed by atoms with Crippen LogP contribution in [0.2, 0.25) is 0 Å². The summed E-state index contributed by atoms with van der Waals surface area (Å²) in [6.45, 7) is 4.22. The van der Waals surface area contributed by atoms with Crippen molar-refractivity contribution in [2.45, 2.75) is 24.7 Å². The van der Waals surface area contributed by atoms with Crippen molar-refractivity contribution in [3.05, 3.63) is 42.0 Å². The summed E-state index contributed by atoms with van der Waals surface area (Å²) in [5.74, 6) is 1.75. The van der Waals surface area contributed by atoms with E-state index in [4.69, 9.17) is 14.2 Å². The van der Waals surface area contributed by atoms with Gasteiger partial charge >= 0.3 is 0 Å². The molecule has 1 heterocycles. The standard InChI is InChI=1S/C17H19NO5S/c1-11(2)12-4-6-14(16(8-12)21-3)18-24(19,20)13-5-7-15-17(9-13)23-10-22-15/h4-9,11,18H,10H2,1-3H3. The van der Waals surface area contributed by atoms with Gasteiger partial charge < -0.3 is 14.2 Å². The number of rotatable bonds is 5. The van der Waals surface area contributed by atoms with E-state index in [0.29, 0.717) is 28.9 Å². The molecule has 1 aliphatic heterocycles. The Bertz CT molecular complexity index is 861. The fraction of sp³-hybridized carbons (Fsp3) is 0.294. The maximum absolute atomic E-state index is 12.6. The molecular formula is C17H19NO5S. The minimum Gasteiger partial charge on any atom is -0.495 e. The summed E-state index contributed by atoms with van der Waals surface area (Å²) < 4.78 is 43.6. The Balaban J connectivity index is 1.92. The van der Waals surface area contributed by atoms with Crippen molar-refractivity contribution in [1.82, 2.24) is 0 Å². The highest BCUT2D eigenvalue weighted by atomic mass is 32.2. The Hall–Kier alpha value is -2.41. The first-order chi connectivity index (χ1) is 11.4. The second kappa shape index (κ2) is 6.24. The Kier molecular flexibility index (Phi) is 4.28. The molecule has 0 aromatic heterocycles. The lowest BCUT2D eigenvalue weighted by atomic mass is 10.0. The number of hydrogen-bond donors (Lipinski definition) is 1. The molecule has 0 bridgehead atoms. The van der Waals surface area contributed by atoms with Crippen LogP contribution in [0.25, 0.3) is 0 Å². The van der Waals surface area contributed by atoms with Crippen LogP contribution in [0.15, 0.2) is 41.3 Å². The van der Waals surface area contributed by atoms with Gasteiger partial charge in [-0.25, -0.2) is 8.42 Å². The fourth-order valence-electron chi connectivity index (χ4n) is 2.40. The number of anilines is 1. The van der Waals surface area contributed by atoms with Gasteiger partial charge in [0, 0.05) is 6.07 Å². The first-order valence-corrected chi connectivity index (χ1v) is 8.99. The lowest BCUT2D eigenvalue weighted by molar-refractivity contribution is 0.174. The third-order valence-electron chi connectivity index (χ3n) is 3.79. The molecule has 128 valence electrons. The molecule has 0 fully saturated rings. The molecule has 0 saturated heterocycles. The van der Waals surface area contributed by atoms with Crippen LogP contribution in [0.4, 0.5) is 5.69 Å². The summed E-state index contributed by atoms with van der Waals surface area (Å²) in [7, 11) is -2.25. The summed E-state index contributed by atoms with van der Waals surface area (Å²) >= 11 is 0. The maximum atomic E-state index is 12.6. The van der Waals surface area contributed by atoms with E-state index in [-0.39, 0.29) is 11.7 Å². The Morgan fingerprint density at radius 1 is 1.08 bits per heavy atom. The average Bonchev–Trinajstić information content (AvgIpc) is 3.02. The van der Waals surface area contributed by atoms with Crippen LogP contribution in [0, 0.1) is 0 Å². The third kappa shape index (κ3) is 3.12.